The quantitative estimate of drug-likeness (QED) is 0.842. The predicted molar refractivity (Wildman–Crippen MR) is 100 cm³/mol. The molecule has 0 radical (unpaired) electrons. The molecule has 2 heterocycles. The minimum Gasteiger partial charge on any atom is -0.302 e. The summed E-state index contributed by atoms with van der Waals surface area (Å²) in [4.78, 5) is 2.64. The third-order valence-electron chi connectivity index (χ3n) is 5.19. The lowest BCUT2D eigenvalue weighted by atomic mass is 9.89. The Labute approximate surface area is 146 Å². The fourth-order valence-electron chi connectivity index (χ4n) is 4.01. The average Bonchev–Trinajstić information content (AvgIpc) is 3.03. The lowest BCUT2D eigenvalue weighted by Gasteiger charge is -2.34. The van der Waals surface area contributed by atoms with E-state index in [0.717, 1.165) is 19.5 Å². The number of aromatic amines is 1. The molecular formula is C21H31N3. The minimum atomic E-state index is 0.585. The first-order chi connectivity index (χ1) is 11.6. The molecule has 0 unspecified atom stereocenters. The molecular weight excluding hydrogens is 294 g/mol. The number of hydrogen-bond acceptors (Lipinski definition) is 2. The van der Waals surface area contributed by atoms with Crippen LogP contribution in [0, 0.1) is 5.92 Å². The second-order valence-corrected chi connectivity index (χ2v) is 7.82. The Morgan fingerprint density at radius 2 is 2.00 bits per heavy atom. The number of nitrogens with zero attached hydrogens (tertiary/aromatic N) is 2. The maximum absolute atomic E-state index is 4.34. The Morgan fingerprint density at radius 3 is 2.75 bits per heavy atom. The molecule has 1 aromatic heterocycles. The number of hydrogen-bond donors (Lipinski definition) is 1. The van der Waals surface area contributed by atoms with Gasteiger partial charge in [-0.3, -0.25) is 5.10 Å². The molecule has 0 amide bonds. The molecule has 3 rings (SSSR count). The van der Waals surface area contributed by atoms with Crippen molar-refractivity contribution in [2.75, 3.05) is 19.6 Å². The van der Waals surface area contributed by atoms with Crippen molar-refractivity contribution < 1.29 is 0 Å². The zero-order chi connectivity index (χ0) is 16.9. The molecule has 3 nitrogen and oxygen atoms in total. The van der Waals surface area contributed by atoms with Gasteiger partial charge < -0.3 is 4.90 Å². The fourth-order valence-corrected chi connectivity index (χ4v) is 4.01. The van der Waals surface area contributed by atoms with E-state index in [-0.39, 0.29) is 0 Å². The van der Waals surface area contributed by atoms with Gasteiger partial charge in [-0.2, -0.15) is 5.10 Å². The maximum Gasteiger partial charge on any atom is 0.0522 e. The van der Waals surface area contributed by atoms with Crippen LogP contribution >= 0.6 is 0 Å². The molecule has 130 valence electrons. The van der Waals surface area contributed by atoms with Gasteiger partial charge in [-0.15, -0.1) is 0 Å². The summed E-state index contributed by atoms with van der Waals surface area (Å²) in [7, 11) is 0. The molecule has 24 heavy (non-hydrogen) atoms. The van der Waals surface area contributed by atoms with Gasteiger partial charge in [0, 0.05) is 24.7 Å². The van der Waals surface area contributed by atoms with Gasteiger partial charge in [0.1, 0.15) is 0 Å². The molecule has 2 atom stereocenters. The van der Waals surface area contributed by atoms with Crippen LogP contribution in [0.3, 0.4) is 0 Å². The average molecular weight is 326 g/mol. The molecule has 1 fully saturated rings. The lowest BCUT2D eigenvalue weighted by Crippen LogP contribution is -2.37. The summed E-state index contributed by atoms with van der Waals surface area (Å²) in [5, 5.41) is 7.65. The van der Waals surface area contributed by atoms with Crippen molar-refractivity contribution in [2.24, 2.45) is 5.92 Å². The number of nitrogens with one attached hydrogen (secondary N) is 1. The van der Waals surface area contributed by atoms with Crippen LogP contribution in [0.1, 0.15) is 62.3 Å². The molecule has 1 aromatic carbocycles. The zero-order valence-corrected chi connectivity index (χ0v) is 15.3. The van der Waals surface area contributed by atoms with E-state index >= 15 is 0 Å². The summed E-state index contributed by atoms with van der Waals surface area (Å²) in [6, 6.07) is 10.9. The van der Waals surface area contributed by atoms with Crippen molar-refractivity contribution in [2.45, 2.75) is 51.9 Å². The van der Waals surface area contributed by atoms with Crippen LogP contribution in [0.15, 0.2) is 36.5 Å². The zero-order valence-electron chi connectivity index (χ0n) is 15.3. The highest BCUT2D eigenvalue weighted by atomic mass is 15.2. The Balaban J connectivity index is 1.63. The van der Waals surface area contributed by atoms with Crippen molar-refractivity contribution in [3.63, 3.8) is 0 Å². The van der Waals surface area contributed by atoms with Crippen molar-refractivity contribution in [1.82, 2.24) is 15.1 Å². The van der Waals surface area contributed by atoms with Gasteiger partial charge in [0.25, 0.3) is 0 Å². The van der Waals surface area contributed by atoms with Gasteiger partial charge in [-0.05, 0) is 48.8 Å². The van der Waals surface area contributed by atoms with Crippen LogP contribution in [0.5, 0.6) is 0 Å². The van der Waals surface area contributed by atoms with Crippen LogP contribution in [0.25, 0.3) is 0 Å². The summed E-state index contributed by atoms with van der Waals surface area (Å²) < 4.78 is 0. The van der Waals surface area contributed by atoms with E-state index < -0.39 is 0 Å². The predicted octanol–water partition coefficient (Wildman–Crippen LogP) is 4.59. The summed E-state index contributed by atoms with van der Waals surface area (Å²) in [6.45, 7) is 10.4. The van der Waals surface area contributed by atoms with Crippen LogP contribution in [0.4, 0.5) is 0 Å². The van der Waals surface area contributed by atoms with E-state index in [1.165, 1.54) is 36.2 Å². The van der Waals surface area contributed by atoms with E-state index in [1.54, 1.807) is 0 Å². The molecule has 1 saturated heterocycles. The molecule has 0 aliphatic carbocycles. The second-order valence-electron chi connectivity index (χ2n) is 7.82. The van der Waals surface area contributed by atoms with Crippen molar-refractivity contribution in [1.29, 1.82) is 0 Å². The molecule has 1 aliphatic rings. The van der Waals surface area contributed by atoms with E-state index in [4.69, 9.17) is 0 Å². The number of likely N-dealkylation sites (tertiary alicyclic amines) is 1. The van der Waals surface area contributed by atoms with Crippen LogP contribution in [0.2, 0.25) is 0 Å². The van der Waals surface area contributed by atoms with Gasteiger partial charge in [-0.25, -0.2) is 0 Å². The molecule has 0 spiro atoms. The first-order valence-corrected chi connectivity index (χ1v) is 9.43. The van der Waals surface area contributed by atoms with Crippen molar-refractivity contribution >= 4 is 0 Å². The van der Waals surface area contributed by atoms with Crippen molar-refractivity contribution in [3.05, 3.63) is 53.3 Å². The van der Waals surface area contributed by atoms with Gasteiger partial charge in [0.05, 0.1) is 6.20 Å². The molecule has 1 aliphatic heterocycles. The topological polar surface area (TPSA) is 31.9 Å². The van der Waals surface area contributed by atoms with E-state index in [2.05, 4.69) is 66.2 Å². The number of rotatable bonds is 6. The molecule has 3 heteroatoms. The fraction of sp³-hybridized carbons (Fsp3) is 0.571. The standard InChI is InChI=1S/C21H31N3/c1-16(2)12-20-13-22-23-21(20)19-10-7-11-24(15-19)14-17(3)18-8-5-4-6-9-18/h4-6,8-9,13,16-17,19H,7,10-12,14-15H2,1-3H3,(H,22,23)/t17-,19+/m0/s1. The number of piperidine rings is 1. The summed E-state index contributed by atoms with van der Waals surface area (Å²) in [5.41, 5.74) is 4.26. The highest BCUT2D eigenvalue weighted by Crippen LogP contribution is 2.30. The molecule has 1 N–H and O–H groups in total. The minimum absolute atomic E-state index is 0.585. The highest BCUT2D eigenvalue weighted by molar-refractivity contribution is 5.23. The van der Waals surface area contributed by atoms with Crippen LogP contribution in [-0.4, -0.2) is 34.7 Å². The summed E-state index contributed by atoms with van der Waals surface area (Å²) in [6.07, 6.45) is 5.74. The Bertz CT molecular complexity index is 617. The van der Waals surface area contributed by atoms with Gasteiger partial charge in [0.15, 0.2) is 0 Å². The Morgan fingerprint density at radius 1 is 1.21 bits per heavy atom. The van der Waals surface area contributed by atoms with Crippen LogP contribution < -0.4 is 0 Å². The lowest BCUT2D eigenvalue weighted by molar-refractivity contribution is 0.197. The highest BCUT2D eigenvalue weighted by Gasteiger charge is 2.25. The first kappa shape index (κ1) is 17.2. The van der Waals surface area contributed by atoms with E-state index in [1.807, 2.05) is 6.20 Å². The van der Waals surface area contributed by atoms with Gasteiger partial charge >= 0.3 is 0 Å². The Hall–Kier alpha value is -1.61. The molecule has 2 aromatic rings. The van der Waals surface area contributed by atoms with Crippen molar-refractivity contribution in [3.8, 4) is 0 Å². The summed E-state index contributed by atoms with van der Waals surface area (Å²) >= 11 is 0. The number of benzene rings is 1. The first-order valence-electron chi connectivity index (χ1n) is 9.43. The largest absolute Gasteiger partial charge is 0.302 e. The third kappa shape index (κ3) is 4.27. The maximum atomic E-state index is 4.34. The SMILES string of the molecule is CC(C)Cc1cn[nH]c1[C@@H]1CCCN(C[C@H](C)c2ccccc2)C1. The van der Waals surface area contributed by atoms with E-state index in [0.29, 0.717) is 17.8 Å². The molecule has 0 bridgehead atoms. The van der Waals surface area contributed by atoms with Gasteiger partial charge in [-0.1, -0.05) is 51.1 Å². The van der Waals surface area contributed by atoms with E-state index in [9.17, 15) is 0 Å². The molecule has 0 saturated carbocycles. The second kappa shape index (κ2) is 7.98. The third-order valence-corrected chi connectivity index (χ3v) is 5.19. The Kier molecular flexibility index (Phi) is 5.72. The normalized spacial score (nSPS) is 20.4. The van der Waals surface area contributed by atoms with Gasteiger partial charge in [0.2, 0.25) is 0 Å². The summed E-state index contributed by atoms with van der Waals surface area (Å²) in [5.74, 6) is 1.87. The number of aromatic nitrogens is 2. The number of H-pyrrole nitrogens is 1. The monoisotopic (exact) mass is 325 g/mol. The van der Waals surface area contributed by atoms with Crippen LogP contribution in [-0.2, 0) is 6.42 Å². The smallest absolute Gasteiger partial charge is 0.0522 e.